The maximum atomic E-state index is 12.1. The van der Waals surface area contributed by atoms with Gasteiger partial charge in [-0.1, -0.05) is 33.8 Å². The maximum absolute atomic E-state index is 12.1. The number of rotatable bonds is 4. The topological polar surface area (TPSA) is 107 Å². The zero-order valence-electron chi connectivity index (χ0n) is 11.2. The number of nitrogens with zero attached hydrogens (tertiary/aromatic N) is 2. The minimum absolute atomic E-state index is 0.150. The first-order valence-corrected chi connectivity index (χ1v) is 7.74. The van der Waals surface area contributed by atoms with E-state index in [1.807, 2.05) is 24.3 Å². The monoisotopic (exact) mass is 367 g/mol. The SMILES string of the molecule is CC(Sc1nc(N)cc(N)n1)C(=O)Nc1cccc(Br)c1. The van der Waals surface area contributed by atoms with Crippen molar-refractivity contribution in [2.75, 3.05) is 16.8 Å². The summed E-state index contributed by atoms with van der Waals surface area (Å²) in [6.45, 7) is 1.76. The summed E-state index contributed by atoms with van der Waals surface area (Å²) in [5.41, 5.74) is 11.9. The second-order valence-electron chi connectivity index (χ2n) is 4.26. The molecule has 1 amide bonds. The number of carbonyl (C=O) groups is 1. The van der Waals surface area contributed by atoms with Gasteiger partial charge in [-0.2, -0.15) is 0 Å². The third-order valence-corrected chi connectivity index (χ3v) is 3.94. The van der Waals surface area contributed by atoms with Crippen molar-refractivity contribution >= 4 is 50.9 Å². The first-order chi connectivity index (χ1) is 9.94. The standard InChI is InChI=1S/C13H14BrN5OS/c1-7(21-13-18-10(15)6-11(16)19-13)12(20)17-9-4-2-3-8(14)5-9/h2-7H,1H3,(H,17,20)(H4,15,16,18,19). The van der Waals surface area contributed by atoms with Gasteiger partial charge in [-0.25, -0.2) is 9.97 Å². The van der Waals surface area contributed by atoms with E-state index >= 15 is 0 Å². The van der Waals surface area contributed by atoms with Crippen molar-refractivity contribution < 1.29 is 4.79 Å². The predicted octanol–water partition coefficient (Wildman–Crippen LogP) is 2.52. The fourth-order valence-corrected chi connectivity index (χ4v) is 2.73. The Morgan fingerprint density at radius 1 is 1.29 bits per heavy atom. The summed E-state index contributed by atoms with van der Waals surface area (Å²) < 4.78 is 0.896. The number of nitrogen functional groups attached to an aromatic ring is 2. The number of nitrogens with one attached hydrogen (secondary N) is 1. The molecular formula is C13H14BrN5OS. The van der Waals surface area contributed by atoms with Crippen LogP contribution in [0.5, 0.6) is 0 Å². The second kappa shape index (κ2) is 6.77. The van der Waals surface area contributed by atoms with Gasteiger partial charge in [-0.3, -0.25) is 4.79 Å². The number of carbonyl (C=O) groups excluding carboxylic acids is 1. The lowest BCUT2D eigenvalue weighted by atomic mass is 10.3. The van der Waals surface area contributed by atoms with Gasteiger partial charge in [0.15, 0.2) is 5.16 Å². The van der Waals surface area contributed by atoms with Crippen LogP contribution in [0.1, 0.15) is 6.92 Å². The molecule has 1 atom stereocenters. The van der Waals surface area contributed by atoms with Crippen LogP contribution in [0.25, 0.3) is 0 Å². The van der Waals surface area contributed by atoms with Gasteiger partial charge in [0.25, 0.3) is 0 Å². The van der Waals surface area contributed by atoms with Crippen molar-refractivity contribution in [2.24, 2.45) is 0 Å². The Kier molecular flexibility index (Phi) is 5.03. The molecule has 1 heterocycles. The molecule has 0 aliphatic carbocycles. The summed E-state index contributed by atoms with van der Waals surface area (Å²) in [6.07, 6.45) is 0. The van der Waals surface area contributed by atoms with Crippen LogP contribution in [-0.2, 0) is 4.79 Å². The maximum Gasteiger partial charge on any atom is 0.237 e. The minimum atomic E-state index is -0.384. The zero-order valence-corrected chi connectivity index (χ0v) is 13.6. The van der Waals surface area contributed by atoms with Crippen LogP contribution in [0.4, 0.5) is 17.3 Å². The lowest BCUT2D eigenvalue weighted by Gasteiger charge is -2.11. The molecule has 1 unspecified atom stereocenters. The Labute approximate surface area is 134 Å². The van der Waals surface area contributed by atoms with Gasteiger partial charge < -0.3 is 16.8 Å². The molecule has 8 heteroatoms. The summed E-state index contributed by atoms with van der Waals surface area (Å²) in [5, 5.41) is 2.82. The number of thioether (sulfide) groups is 1. The van der Waals surface area contributed by atoms with Crippen molar-refractivity contribution in [1.82, 2.24) is 9.97 Å². The van der Waals surface area contributed by atoms with Crippen molar-refractivity contribution in [1.29, 1.82) is 0 Å². The molecule has 21 heavy (non-hydrogen) atoms. The fraction of sp³-hybridized carbons (Fsp3) is 0.154. The molecule has 0 bridgehead atoms. The molecule has 6 nitrogen and oxygen atoms in total. The second-order valence-corrected chi connectivity index (χ2v) is 6.48. The lowest BCUT2D eigenvalue weighted by molar-refractivity contribution is -0.115. The number of halogens is 1. The third-order valence-electron chi connectivity index (χ3n) is 2.49. The Bertz CT molecular complexity index is 647. The van der Waals surface area contributed by atoms with Crippen LogP contribution < -0.4 is 16.8 Å². The van der Waals surface area contributed by atoms with E-state index < -0.39 is 0 Å². The molecule has 110 valence electrons. The lowest BCUT2D eigenvalue weighted by Crippen LogP contribution is -2.22. The molecule has 2 rings (SSSR count). The van der Waals surface area contributed by atoms with Crippen LogP contribution in [0.15, 0.2) is 40.0 Å². The Hall–Kier alpha value is -1.80. The van der Waals surface area contributed by atoms with E-state index in [4.69, 9.17) is 11.5 Å². The van der Waals surface area contributed by atoms with Crippen LogP contribution in [0.2, 0.25) is 0 Å². The quantitative estimate of drug-likeness (QED) is 0.566. The van der Waals surface area contributed by atoms with E-state index in [0.29, 0.717) is 5.16 Å². The van der Waals surface area contributed by atoms with E-state index in [2.05, 4.69) is 31.2 Å². The van der Waals surface area contributed by atoms with Crippen molar-refractivity contribution in [2.45, 2.75) is 17.3 Å². The summed E-state index contributed by atoms with van der Waals surface area (Å²) in [5.74, 6) is 0.414. The predicted molar refractivity (Wildman–Crippen MR) is 88.9 cm³/mol. The summed E-state index contributed by atoms with van der Waals surface area (Å²) in [7, 11) is 0. The molecule has 0 saturated carbocycles. The summed E-state index contributed by atoms with van der Waals surface area (Å²) in [6, 6.07) is 8.84. The molecule has 2 aromatic rings. The first-order valence-electron chi connectivity index (χ1n) is 6.07. The highest BCUT2D eigenvalue weighted by Gasteiger charge is 2.16. The molecular weight excluding hydrogens is 354 g/mol. The number of nitrogens with two attached hydrogens (primary N) is 2. The van der Waals surface area contributed by atoms with Gasteiger partial charge in [-0.05, 0) is 25.1 Å². The van der Waals surface area contributed by atoms with Gasteiger partial charge in [-0.15, -0.1) is 0 Å². The molecule has 0 aliphatic heterocycles. The smallest absolute Gasteiger partial charge is 0.237 e. The van der Waals surface area contributed by atoms with E-state index in [-0.39, 0.29) is 22.8 Å². The van der Waals surface area contributed by atoms with Crippen molar-refractivity contribution in [3.63, 3.8) is 0 Å². The van der Waals surface area contributed by atoms with Gasteiger partial charge in [0.1, 0.15) is 11.6 Å². The Balaban J connectivity index is 2.02. The van der Waals surface area contributed by atoms with Crippen LogP contribution in [0, 0.1) is 0 Å². The molecule has 5 N–H and O–H groups in total. The zero-order chi connectivity index (χ0) is 15.4. The molecule has 0 fully saturated rings. The van der Waals surface area contributed by atoms with E-state index in [1.165, 1.54) is 17.8 Å². The molecule has 0 saturated heterocycles. The number of aromatic nitrogens is 2. The molecule has 0 radical (unpaired) electrons. The summed E-state index contributed by atoms with van der Waals surface area (Å²) >= 11 is 4.55. The third kappa shape index (κ3) is 4.61. The van der Waals surface area contributed by atoms with Crippen LogP contribution in [-0.4, -0.2) is 21.1 Å². The van der Waals surface area contributed by atoms with E-state index in [9.17, 15) is 4.79 Å². The number of hydrogen-bond donors (Lipinski definition) is 3. The first kappa shape index (κ1) is 15.6. The molecule has 1 aromatic carbocycles. The van der Waals surface area contributed by atoms with Crippen LogP contribution >= 0.6 is 27.7 Å². The minimum Gasteiger partial charge on any atom is -0.383 e. The number of amides is 1. The van der Waals surface area contributed by atoms with Crippen molar-refractivity contribution in [3.05, 3.63) is 34.8 Å². The van der Waals surface area contributed by atoms with Gasteiger partial charge in [0.2, 0.25) is 5.91 Å². The van der Waals surface area contributed by atoms with E-state index in [1.54, 1.807) is 6.92 Å². The number of hydrogen-bond acceptors (Lipinski definition) is 6. The Morgan fingerprint density at radius 3 is 2.57 bits per heavy atom. The highest BCUT2D eigenvalue weighted by Crippen LogP contribution is 2.23. The number of benzene rings is 1. The molecule has 0 aliphatic rings. The number of anilines is 3. The average molecular weight is 368 g/mol. The van der Waals surface area contributed by atoms with Crippen molar-refractivity contribution in [3.8, 4) is 0 Å². The van der Waals surface area contributed by atoms with Gasteiger partial charge in [0.05, 0.1) is 5.25 Å². The Morgan fingerprint density at radius 2 is 1.95 bits per heavy atom. The summed E-state index contributed by atoms with van der Waals surface area (Å²) in [4.78, 5) is 20.2. The van der Waals surface area contributed by atoms with Crippen LogP contribution in [0.3, 0.4) is 0 Å². The van der Waals surface area contributed by atoms with Gasteiger partial charge >= 0.3 is 0 Å². The average Bonchev–Trinajstić information content (AvgIpc) is 2.37. The van der Waals surface area contributed by atoms with Gasteiger partial charge in [0, 0.05) is 16.2 Å². The fourth-order valence-electron chi connectivity index (χ4n) is 1.54. The van der Waals surface area contributed by atoms with E-state index in [0.717, 1.165) is 10.2 Å². The highest BCUT2D eigenvalue weighted by atomic mass is 79.9. The molecule has 1 aromatic heterocycles. The highest BCUT2D eigenvalue weighted by molar-refractivity contribution is 9.10. The molecule has 0 spiro atoms. The largest absolute Gasteiger partial charge is 0.383 e. The normalized spacial score (nSPS) is 11.9.